The molecule has 0 spiro atoms. The van der Waals surface area contributed by atoms with E-state index in [1.807, 2.05) is 12.1 Å². The zero-order valence-corrected chi connectivity index (χ0v) is 24.3. The van der Waals surface area contributed by atoms with Gasteiger partial charge in [0, 0.05) is 26.1 Å². The number of rotatable bonds is 3. The van der Waals surface area contributed by atoms with Crippen LogP contribution in [0.25, 0.3) is 27.9 Å². The van der Waals surface area contributed by atoms with Gasteiger partial charge in [-0.05, 0) is 30.2 Å². The second-order valence-electron chi connectivity index (χ2n) is 10.5. The third-order valence-corrected chi connectivity index (χ3v) is 8.25. The second-order valence-corrected chi connectivity index (χ2v) is 10.5. The first-order chi connectivity index (χ1) is 20.8. The molecule has 9 rings (SSSR count). The number of nitrogens with zero attached hydrogens (tertiary/aromatic N) is 6. The summed E-state index contributed by atoms with van der Waals surface area (Å²) in [6.07, 6.45) is 7.53. The summed E-state index contributed by atoms with van der Waals surface area (Å²) in [5, 5.41) is 8.77. The van der Waals surface area contributed by atoms with Crippen LogP contribution in [-0.2, 0) is 20.4 Å². The molecule has 0 atom stereocenters. The van der Waals surface area contributed by atoms with Crippen molar-refractivity contribution in [3.8, 4) is 27.9 Å². The minimum absolute atomic E-state index is 0. The van der Waals surface area contributed by atoms with Gasteiger partial charge in [-0.3, -0.25) is 0 Å². The summed E-state index contributed by atoms with van der Waals surface area (Å²) in [6, 6.07) is 43.9. The molecule has 0 fully saturated rings. The van der Waals surface area contributed by atoms with Crippen molar-refractivity contribution in [2.24, 2.45) is 0 Å². The molecular weight excluding hydrogens is 622 g/mol. The summed E-state index contributed by atoms with van der Waals surface area (Å²) in [7, 11) is 0. The van der Waals surface area contributed by atoms with Gasteiger partial charge in [0.25, 0.3) is 0 Å². The average molecular weight is 644 g/mol. The van der Waals surface area contributed by atoms with Crippen LogP contribution in [0.4, 0.5) is 22.7 Å². The molecule has 0 saturated carbocycles. The normalized spacial score (nSPS) is 14.0. The number of anilines is 4. The fourth-order valence-corrected chi connectivity index (χ4v) is 6.39. The van der Waals surface area contributed by atoms with E-state index in [-0.39, 0.29) is 27.3 Å². The van der Waals surface area contributed by atoms with Gasteiger partial charge in [-0.15, -0.1) is 47.7 Å². The molecule has 8 heteroatoms. The molecule has 0 bridgehead atoms. The van der Waals surface area contributed by atoms with E-state index < -0.39 is 0 Å². The Labute approximate surface area is 264 Å². The number of hydrogen-bond donors (Lipinski definition) is 0. The summed E-state index contributed by atoms with van der Waals surface area (Å²) in [5.41, 5.74) is 12.1. The number of para-hydroxylation sites is 1. The molecule has 6 aromatic rings. The van der Waals surface area contributed by atoms with Gasteiger partial charge < -0.3 is 14.6 Å². The summed E-state index contributed by atoms with van der Waals surface area (Å²) in [5.74, 6) is 0. The van der Waals surface area contributed by atoms with E-state index in [0.29, 0.717) is 0 Å². The van der Waals surface area contributed by atoms with Crippen molar-refractivity contribution in [3.05, 3.63) is 147 Å². The Morgan fingerprint density at radius 2 is 1.12 bits per heavy atom. The SMILES string of the molecule is [Pd].[c-]1c(N2C=CN(c3ccccc3)[CH-]2)ccc2c1N1B(c3ccccc3-2)c2ccccc2-c2ccc(-n3nccn3)[c-]c21. The van der Waals surface area contributed by atoms with E-state index in [9.17, 15) is 0 Å². The van der Waals surface area contributed by atoms with Crippen molar-refractivity contribution >= 4 is 40.5 Å². The van der Waals surface area contributed by atoms with Crippen molar-refractivity contribution in [1.82, 2.24) is 15.0 Å². The first-order valence-electron chi connectivity index (χ1n) is 14.0. The van der Waals surface area contributed by atoms with Crippen LogP contribution in [0, 0.1) is 18.8 Å². The van der Waals surface area contributed by atoms with E-state index in [1.165, 1.54) is 22.1 Å². The van der Waals surface area contributed by atoms with Crippen LogP contribution in [-0.4, -0.2) is 21.8 Å². The summed E-state index contributed by atoms with van der Waals surface area (Å²) in [4.78, 5) is 8.27. The van der Waals surface area contributed by atoms with Crippen LogP contribution >= 0.6 is 0 Å². The molecule has 4 heterocycles. The Bertz CT molecular complexity index is 2010. The van der Waals surface area contributed by atoms with Crippen LogP contribution in [0.15, 0.2) is 128 Å². The van der Waals surface area contributed by atoms with E-state index in [2.05, 4.69) is 147 Å². The molecule has 5 aromatic carbocycles. The minimum Gasteiger partial charge on any atom is -0.500 e. The predicted molar refractivity (Wildman–Crippen MR) is 168 cm³/mol. The molecule has 0 saturated heterocycles. The topological polar surface area (TPSA) is 40.4 Å². The fraction of sp³-hybridized carbons (Fsp3) is 0. The van der Waals surface area contributed by atoms with E-state index in [1.54, 1.807) is 17.2 Å². The van der Waals surface area contributed by atoms with Crippen LogP contribution < -0.4 is 25.5 Å². The third-order valence-electron chi connectivity index (χ3n) is 8.25. The Kier molecular flexibility index (Phi) is 6.08. The Balaban J connectivity index is 0.00000278. The third kappa shape index (κ3) is 3.99. The van der Waals surface area contributed by atoms with Crippen molar-refractivity contribution in [2.75, 3.05) is 14.6 Å². The Morgan fingerprint density at radius 1 is 0.558 bits per heavy atom. The van der Waals surface area contributed by atoms with Crippen molar-refractivity contribution in [3.63, 3.8) is 0 Å². The fourth-order valence-electron chi connectivity index (χ4n) is 6.39. The van der Waals surface area contributed by atoms with Crippen molar-refractivity contribution < 1.29 is 20.4 Å². The van der Waals surface area contributed by atoms with Gasteiger partial charge in [0.15, 0.2) is 0 Å². The minimum atomic E-state index is -0.0279. The second kappa shape index (κ2) is 10.1. The average Bonchev–Trinajstić information content (AvgIpc) is 3.78. The maximum Gasteiger partial charge on any atom is 0.324 e. The zero-order chi connectivity index (χ0) is 27.6. The number of hydrogen-bond acceptors (Lipinski definition) is 5. The molecular formula is C35H22BN6Pd-3. The quantitative estimate of drug-likeness (QED) is 0.183. The van der Waals surface area contributed by atoms with E-state index in [0.717, 1.165) is 39.6 Å². The molecule has 0 amide bonds. The summed E-state index contributed by atoms with van der Waals surface area (Å²) in [6.45, 7) is 2.06. The molecule has 0 unspecified atom stereocenters. The van der Waals surface area contributed by atoms with E-state index in [4.69, 9.17) is 0 Å². The smallest absolute Gasteiger partial charge is 0.324 e. The first-order valence-corrected chi connectivity index (χ1v) is 14.0. The van der Waals surface area contributed by atoms with Gasteiger partial charge in [-0.2, -0.15) is 27.1 Å². The van der Waals surface area contributed by atoms with Gasteiger partial charge in [0.2, 0.25) is 0 Å². The standard InChI is InChI=1S/C35H22BN6.Pd/c1-2-8-25(9-3-1)39-20-21-40(24-39)26-14-16-30-28-10-4-6-12-32(28)36-33-13-7-5-11-29(33)31-17-15-27(42-37-18-19-38-42)23-35(31)41(36)34(30)22-26;/h1-21,24H;/q-3;. The zero-order valence-electron chi connectivity index (χ0n) is 22.8. The molecule has 3 aliphatic rings. The predicted octanol–water partition coefficient (Wildman–Crippen LogP) is 5.69. The Morgan fingerprint density at radius 3 is 1.79 bits per heavy atom. The molecule has 0 N–H and O–H groups in total. The molecule has 6 nitrogen and oxygen atoms in total. The summed E-state index contributed by atoms with van der Waals surface area (Å²) < 4.78 is 0. The van der Waals surface area contributed by atoms with E-state index >= 15 is 0 Å². The Hall–Kier alpha value is -4.89. The molecule has 0 aliphatic carbocycles. The number of aromatic nitrogens is 3. The van der Waals surface area contributed by atoms with Crippen molar-refractivity contribution in [1.29, 1.82) is 0 Å². The molecule has 1 aromatic heterocycles. The van der Waals surface area contributed by atoms with Gasteiger partial charge in [0.05, 0.1) is 12.4 Å². The largest absolute Gasteiger partial charge is 0.500 e. The maximum atomic E-state index is 4.39. The maximum absolute atomic E-state index is 4.39. The summed E-state index contributed by atoms with van der Waals surface area (Å²) >= 11 is 0. The molecule has 0 radical (unpaired) electrons. The number of benzene rings is 5. The first kappa shape index (κ1) is 25.8. The number of fused-ring (bicyclic) bond motifs is 11. The van der Waals surface area contributed by atoms with Crippen LogP contribution in [0.2, 0.25) is 0 Å². The molecule has 208 valence electrons. The van der Waals surface area contributed by atoms with Crippen LogP contribution in [0.3, 0.4) is 0 Å². The van der Waals surface area contributed by atoms with Gasteiger partial charge >= 0.3 is 6.85 Å². The molecule has 3 aliphatic heterocycles. The van der Waals surface area contributed by atoms with Crippen LogP contribution in [0.1, 0.15) is 0 Å². The van der Waals surface area contributed by atoms with Crippen molar-refractivity contribution in [2.45, 2.75) is 0 Å². The monoisotopic (exact) mass is 643 g/mol. The molecule has 43 heavy (non-hydrogen) atoms. The van der Waals surface area contributed by atoms with Gasteiger partial charge in [-0.25, -0.2) is 0 Å². The van der Waals surface area contributed by atoms with Gasteiger partial charge in [-0.1, -0.05) is 100 Å². The van der Waals surface area contributed by atoms with Gasteiger partial charge in [0.1, 0.15) is 0 Å². The van der Waals surface area contributed by atoms with Crippen LogP contribution in [0.5, 0.6) is 0 Å².